The van der Waals surface area contributed by atoms with Gasteiger partial charge in [0, 0.05) is 0 Å². The van der Waals surface area contributed by atoms with Crippen LogP contribution in [0.1, 0.15) is 0 Å². The van der Waals surface area contributed by atoms with Gasteiger partial charge in [-0.2, -0.15) is 0 Å². The van der Waals surface area contributed by atoms with E-state index in [1.165, 1.54) is 13.3 Å². The van der Waals surface area contributed by atoms with Crippen LogP contribution in [-0.4, -0.2) is 14.5 Å². The Labute approximate surface area is 61.4 Å². The van der Waals surface area contributed by atoms with Gasteiger partial charge in [0.15, 0.2) is 0 Å². The maximum absolute atomic E-state index is 2.36. The fraction of sp³-hybridized carbons (Fsp3) is 0. The van der Waals surface area contributed by atoms with Crippen LogP contribution in [0.15, 0.2) is 28.9 Å². The molecule has 0 bridgehead atoms. The van der Waals surface area contributed by atoms with Gasteiger partial charge in [-0.25, -0.2) is 0 Å². The van der Waals surface area contributed by atoms with E-state index in [0.717, 1.165) is 0 Å². The Bertz CT molecular complexity index is 283. The molecule has 1 aromatic heterocycles. The second kappa shape index (κ2) is 2.27. The third-order valence-corrected chi connectivity index (χ3v) is 5.06. The molecule has 44 valence electrons. The summed E-state index contributed by atoms with van der Waals surface area (Å²) in [6, 6.07) is 8.67. The predicted octanol–water partition coefficient (Wildman–Crippen LogP) is 2.48. The number of benzene rings is 1. The predicted molar refractivity (Wildman–Crippen MR) is 43.4 cm³/mol. The van der Waals surface area contributed by atoms with Crippen molar-refractivity contribution in [1.82, 2.24) is 0 Å². The summed E-state index contributed by atoms with van der Waals surface area (Å²) in [5, 5.41) is 1.51. The van der Waals surface area contributed by atoms with Crippen LogP contribution in [0.3, 0.4) is 0 Å². The fourth-order valence-electron chi connectivity index (χ4n) is 0.803. The molecule has 0 nitrogen and oxygen atoms in total. The molecule has 0 atom stereocenters. The van der Waals surface area contributed by atoms with Gasteiger partial charge in [0.05, 0.1) is 0 Å². The van der Waals surface area contributed by atoms with E-state index < -0.39 is 0 Å². The van der Waals surface area contributed by atoms with E-state index in [0.29, 0.717) is 14.5 Å². The summed E-state index contributed by atoms with van der Waals surface area (Å²) in [5.41, 5.74) is 0. The number of hydrogen-bond acceptors (Lipinski definition) is 0. The van der Waals surface area contributed by atoms with Crippen LogP contribution in [0.25, 0.3) is 9.38 Å². The summed E-state index contributed by atoms with van der Waals surface area (Å²) in [4.78, 5) is 0. The summed E-state index contributed by atoms with van der Waals surface area (Å²) >= 11 is 0.665. The molecular formula is C7H5PSe. The van der Waals surface area contributed by atoms with E-state index in [1.54, 1.807) is 4.26 Å². The molecule has 0 saturated carbocycles. The van der Waals surface area contributed by atoms with Crippen molar-refractivity contribution >= 4 is 32.1 Å². The number of rotatable bonds is 0. The van der Waals surface area contributed by atoms with Gasteiger partial charge >= 0.3 is 61.0 Å². The van der Waals surface area contributed by atoms with Gasteiger partial charge in [0.25, 0.3) is 0 Å². The van der Waals surface area contributed by atoms with Gasteiger partial charge in [-0.15, -0.1) is 0 Å². The van der Waals surface area contributed by atoms with Crippen molar-refractivity contribution in [2.24, 2.45) is 0 Å². The van der Waals surface area contributed by atoms with Crippen LogP contribution in [-0.2, 0) is 0 Å². The Morgan fingerprint density at radius 3 is 3.00 bits per heavy atom. The summed E-state index contributed by atoms with van der Waals surface area (Å²) < 4.78 is 3.92. The van der Waals surface area contributed by atoms with E-state index in [4.69, 9.17) is 0 Å². The molecule has 1 aromatic carbocycles. The first kappa shape index (κ1) is 5.68. The van der Waals surface area contributed by atoms with Gasteiger partial charge < -0.3 is 0 Å². The van der Waals surface area contributed by atoms with E-state index in [9.17, 15) is 0 Å². The molecule has 0 aliphatic carbocycles. The van der Waals surface area contributed by atoms with Crippen LogP contribution in [0.5, 0.6) is 0 Å². The molecule has 0 N–H and O–H groups in total. The Kier molecular flexibility index (Phi) is 1.43. The average molecular weight is 199 g/mol. The van der Waals surface area contributed by atoms with Crippen molar-refractivity contribution in [3.63, 3.8) is 0 Å². The quantitative estimate of drug-likeness (QED) is 0.571. The zero-order valence-electron chi connectivity index (χ0n) is 4.74. The Balaban J connectivity index is 2.95. The van der Waals surface area contributed by atoms with Gasteiger partial charge in [-0.1, -0.05) is 0 Å². The first-order valence-electron chi connectivity index (χ1n) is 2.75. The van der Waals surface area contributed by atoms with Gasteiger partial charge in [-0.3, -0.25) is 0 Å². The van der Waals surface area contributed by atoms with Gasteiger partial charge in [-0.05, 0) is 0 Å². The van der Waals surface area contributed by atoms with Crippen molar-refractivity contribution in [1.29, 1.82) is 0 Å². The molecule has 0 spiro atoms. The van der Waals surface area contributed by atoms with E-state index in [1.807, 2.05) is 0 Å². The monoisotopic (exact) mass is 200 g/mol. The molecule has 0 aliphatic rings. The van der Waals surface area contributed by atoms with Crippen LogP contribution < -0.4 is 0 Å². The van der Waals surface area contributed by atoms with Crippen molar-refractivity contribution in [3.8, 4) is 0 Å². The summed E-state index contributed by atoms with van der Waals surface area (Å²) in [6.07, 6.45) is 0. The second-order valence-corrected chi connectivity index (χ2v) is 5.52. The Hall–Kier alpha value is -0.0905. The van der Waals surface area contributed by atoms with Gasteiger partial charge in [0.2, 0.25) is 0 Å². The number of fused-ring (bicyclic) bond motifs is 1. The van der Waals surface area contributed by atoms with Crippen LogP contribution in [0.2, 0.25) is 0 Å². The third-order valence-electron chi connectivity index (χ3n) is 1.24. The van der Waals surface area contributed by atoms with E-state index in [2.05, 4.69) is 28.9 Å². The third kappa shape index (κ3) is 0.966. The summed E-state index contributed by atoms with van der Waals surface area (Å²) in [5.74, 6) is 0. The topological polar surface area (TPSA) is 0 Å². The van der Waals surface area contributed by atoms with Crippen LogP contribution in [0.4, 0.5) is 0 Å². The zero-order valence-corrected chi connectivity index (χ0v) is 7.35. The van der Waals surface area contributed by atoms with Crippen LogP contribution >= 0.6 is 8.19 Å². The minimum atomic E-state index is 0.665. The van der Waals surface area contributed by atoms with Crippen molar-refractivity contribution < 1.29 is 0 Å². The molecule has 0 fully saturated rings. The molecule has 1 heterocycles. The Morgan fingerprint density at radius 2 is 2.11 bits per heavy atom. The molecule has 0 saturated heterocycles. The van der Waals surface area contributed by atoms with Gasteiger partial charge in [0.1, 0.15) is 0 Å². The molecule has 2 heteroatoms. The zero-order chi connectivity index (χ0) is 6.10. The molecule has 9 heavy (non-hydrogen) atoms. The van der Waals surface area contributed by atoms with Crippen molar-refractivity contribution in [3.05, 3.63) is 28.9 Å². The van der Waals surface area contributed by atoms with E-state index in [-0.39, 0.29) is 0 Å². The van der Waals surface area contributed by atoms with Crippen LogP contribution in [0, 0.1) is 0 Å². The standard InChI is InChI=1S/C7H5PSe/c1-2-4-7-6(3-1)8-5-9-7/h1-5H. The molecule has 2 aromatic rings. The Morgan fingerprint density at radius 1 is 1.22 bits per heavy atom. The molecule has 0 unspecified atom stereocenters. The van der Waals surface area contributed by atoms with Crippen molar-refractivity contribution in [2.75, 3.05) is 0 Å². The maximum atomic E-state index is 2.36. The summed E-state index contributed by atoms with van der Waals surface area (Å²) in [6.45, 7) is 0. The second-order valence-electron chi connectivity index (χ2n) is 1.82. The fourth-order valence-corrected chi connectivity index (χ4v) is 4.55. The molecule has 0 amide bonds. The first-order valence-corrected chi connectivity index (χ1v) is 5.56. The molecule has 0 aliphatic heterocycles. The van der Waals surface area contributed by atoms with E-state index >= 15 is 0 Å². The average Bonchev–Trinajstić information content (AvgIpc) is 2.33. The normalized spacial score (nSPS) is 11.1. The first-order chi connectivity index (χ1) is 4.47. The van der Waals surface area contributed by atoms with Crippen molar-refractivity contribution in [2.45, 2.75) is 0 Å². The minimum absolute atomic E-state index is 0.665. The molecule has 2 rings (SSSR count). The number of hydrogen-bond donors (Lipinski definition) is 0. The SMILES string of the molecule is c1ccc2[se]cpc2c1. The summed E-state index contributed by atoms with van der Waals surface area (Å²) in [7, 11) is 1.43. The molecular weight excluding hydrogens is 194 g/mol. The molecule has 0 radical (unpaired) electrons.